The van der Waals surface area contributed by atoms with E-state index in [0.29, 0.717) is 23.0 Å². The lowest BCUT2D eigenvalue weighted by atomic mass is 10.1. The molecule has 82 heavy (non-hydrogen) atoms. The smallest absolute Gasteiger partial charge is 0.155 e. The molecule has 12 aromatic carbocycles. The van der Waals surface area contributed by atoms with Crippen LogP contribution in [-0.4, -0.2) is 33.3 Å². The van der Waals surface area contributed by atoms with Gasteiger partial charge in [-0.15, -0.1) is 5.10 Å². The van der Waals surface area contributed by atoms with Crippen molar-refractivity contribution in [1.82, 2.24) is 33.3 Å². The molecular formula is C72H44BrN7O2. The standard InChI is InChI=1S/C72H44BrN7O2/c73-69-63(78-58-33-14-9-28-53(58)67-61(78)42-40-51-49-26-7-12-31-56(49)76(70(51)67)45-20-3-1-4-21-45)36-18-38-65(69)81-47-24-17-25-48(44-47)82-66-39-19-37-64(72(66)80-60-35-16-11-30-55(60)74-75-80)79-59-34-15-10-29-54(59)68-62(79)43-41-52-50-27-8-13-32-57(50)77(71(52)68)46-22-5-2-6-23-46/h1-44H. The maximum absolute atomic E-state index is 7.11. The average molecular weight is 1120 g/mol. The number of rotatable bonds is 9. The highest BCUT2D eigenvalue weighted by Gasteiger charge is 2.26. The molecule has 0 saturated carbocycles. The Morgan fingerprint density at radius 3 is 1.33 bits per heavy atom. The van der Waals surface area contributed by atoms with Crippen molar-refractivity contribution in [3.05, 3.63) is 271 Å². The molecule has 10 heteroatoms. The number of para-hydroxylation sites is 8. The minimum atomic E-state index is 0.587. The Morgan fingerprint density at radius 1 is 0.317 bits per heavy atom. The molecule has 17 aromatic rings. The minimum Gasteiger partial charge on any atom is -0.456 e. The third-order valence-electron chi connectivity index (χ3n) is 16.2. The first-order valence-electron chi connectivity index (χ1n) is 27.3. The van der Waals surface area contributed by atoms with Gasteiger partial charge >= 0.3 is 0 Å². The summed E-state index contributed by atoms with van der Waals surface area (Å²) in [5.41, 5.74) is 15.3. The van der Waals surface area contributed by atoms with Crippen LogP contribution in [0.5, 0.6) is 23.0 Å². The molecule has 5 aromatic heterocycles. The van der Waals surface area contributed by atoms with E-state index in [1.807, 2.05) is 65.3 Å². The van der Waals surface area contributed by atoms with E-state index in [2.05, 4.69) is 246 Å². The highest BCUT2D eigenvalue weighted by Crippen LogP contribution is 2.47. The molecule has 5 heterocycles. The molecule has 0 unspecified atom stereocenters. The summed E-state index contributed by atoms with van der Waals surface area (Å²) in [6, 6.07) is 93.4. The van der Waals surface area contributed by atoms with Crippen molar-refractivity contribution in [3.8, 4) is 51.4 Å². The Balaban J connectivity index is 0.800. The Hall–Kier alpha value is -10.7. The molecule has 0 aliphatic rings. The lowest BCUT2D eigenvalue weighted by Gasteiger charge is -2.18. The molecule has 0 fully saturated rings. The van der Waals surface area contributed by atoms with Gasteiger partial charge in [0.1, 0.15) is 28.5 Å². The summed E-state index contributed by atoms with van der Waals surface area (Å²) >= 11 is 4.08. The predicted molar refractivity (Wildman–Crippen MR) is 337 cm³/mol. The van der Waals surface area contributed by atoms with E-state index >= 15 is 0 Å². The Bertz CT molecular complexity index is 5440. The van der Waals surface area contributed by atoms with Gasteiger partial charge in [-0.2, -0.15) is 0 Å². The fraction of sp³-hybridized carbons (Fsp3) is 0. The number of ether oxygens (including phenoxy) is 2. The van der Waals surface area contributed by atoms with E-state index < -0.39 is 0 Å². The number of aromatic nitrogens is 7. The van der Waals surface area contributed by atoms with E-state index in [9.17, 15) is 0 Å². The summed E-state index contributed by atoms with van der Waals surface area (Å²) in [6.45, 7) is 0. The maximum Gasteiger partial charge on any atom is 0.155 e. The van der Waals surface area contributed by atoms with Gasteiger partial charge in [-0.25, -0.2) is 4.68 Å². The van der Waals surface area contributed by atoms with E-state index in [1.165, 1.54) is 38.0 Å². The molecular weight excluding hydrogens is 1070 g/mol. The quantitative estimate of drug-likeness (QED) is 0.144. The van der Waals surface area contributed by atoms with Crippen LogP contribution in [0.2, 0.25) is 0 Å². The average Bonchev–Trinajstić information content (AvgIpc) is 1.98. The van der Waals surface area contributed by atoms with Gasteiger partial charge in [0.05, 0.1) is 65.5 Å². The van der Waals surface area contributed by atoms with Crippen molar-refractivity contribution in [2.45, 2.75) is 0 Å². The molecule has 0 N–H and O–H groups in total. The second-order valence-corrected chi connectivity index (χ2v) is 21.5. The third kappa shape index (κ3) is 6.85. The van der Waals surface area contributed by atoms with Gasteiger partial charge in [-0.3, -0.25) is 0 Å². The van der Waals surface area contributed by atoms with Crippen molar-refractivity contribution in [1.29, 1.82) is 0 Å². The molecule has 386 valence electrons. The van der Waals surface area contributed by atoms with Gasteiger partial charge in [0.25, 0.3) is 0 Å². The Kier molecular flexibility index (Phi) is 10.3. The van der Waals surface area contributed by atoms with Gasteiger partial charge in [-0.05, 0) is 125 Å². The van der Waals surface area contributed by atoms with Gasteiger partial charge in [0.2, 0.25) is 0 Å². The first-order valence-corrected chi connectivity index (χ1v) is 28.1. The molecule has 17 rings (SSSR count). The Labute approximate surface area is 477 Å². The molecule has 0 aliphatic heterocycles. The second-order valence-electron chi connectivity index (χ2n) is 20.7. The van der Waals surface area contributed by atoms with E-state index in [-0.39, 0.29) is 0 Å². The summed E-state index contributed by atoms with van der Waals surface area (Å²) in [4.78, 5) is 0. The van der Waals surface area contributed by atoms with Crippen LogP contribution in [0.15, 0.2) is 271 Å². The lowest BCUT2D eigenvalue weighted by molar-refractivity contribution is 0.456. The first kappa shape index (κ1) is 46.3. The van der Waals surface area contributed by atoms with E-state index in [4.69, 9.17) is 14.7 Å². The maximum atomic E-state index is 7.11. The van der Waals surface area contributed by atoms with Crippen LogP contribution >= 0.6 is 15.9 Å². The van der Waals surface area contributed by atoms with Crippen molar-refractivity contribution >= 4 is 114 Å². The highest BCUT2D eigenvalue weighted by molar-refractivity contribution is 9.10. The zero-order valence-corrected chi connectivity index (χ0v) is 45.3. The summed E-state index contributed by atoms with van der Waals surface area (Å²) in [5, 5.41) is 19.0. The topological polar surface area (TPSA) is 68.9 Å². The summed E-state index contributed by atoms with van der Waals surface area (Å²) in [7, 11) is 0. The lowest BCUT2D eigenvalue weighted by Crippen LogP contribution is -2.07. The number of hydrogen-bond donors (Lipinski definition) is 0. The fourth-order valence-corrected chi connectivity index (χ4v) is 13.4. The summed E-state index contributed by atoms with van der Waals surface area (Å²) in [5.74, 6) is 2.44. The molecule has 0 atom stereocenters. The number of benzene rings is 12. The van der Waals surface area contributed by atoms with Crippen LogP contribution in [0.1, 0.15) is 0 Å². The van der Waals surface area contributed by atoms with Gasteiger partial charge in [0.15, 0.2) is 5.75 Å². The predicted octanol–water partition coefficient (Wildman–Crippen LogP) is 19.2. The summed E-state index contributed by atoms with van der Waals surface area (Å²) < 4.78 is 26.2. The van der Waals surface area contributed by atoms with Crippen LogP contribution in [0.3, 0.4) is 0 Å². The molecule has 0 saturated heterocycles. The van der Waals surface area contributed by atoms with Crippen molar-refractivity contribution in [2.75, 3.05) is 0 Å². The number of hydrogen-bond acceptors (Lipinski definition) is 4. The van der Waals surface area contributed by atoms with Crippen LogP contribution in [0.25, 0.3) is 127 Å². The molecule has 0 bridgehead atoms. The molecule has 9 nitrogen and oxygen atoms in total. The van der Waals surface area contributed by atoms with Crippen molar-refractivity contribution < 1.29 is 9.47 Å². The fourth-order valence-electron chi connectivity index (χ4n) is 12.9. The molecule has 0 spiro atoms. The largest absolute Gasteiger partial charge is 0.456 e. The minimum absolute atomic E-state index is 0.587. The van der Waals surface area contributed by atoms with Gasteiger partial charge in [0, 0.05) is 60.5 Å². The van der Waals surface area contributed by atoms with Crippen molar-refractivity contribution in [3.63, 3.8) is 0 Å². The van der Waals surface area contributed by atoms with Crippen LogP contribution < -0.4 is 9.47 Å². The highest BCUT2D eigenvalue weighted by atomic mass is 79.9. The molecule has 0 radical (unpaired) electrons. The first-order chi connectivity index (χ1) is 40.6. The monoisotopic (exact) mass is 1120 g/mol. The van der Waals surface area contributed by atoms with E-state index in [0.717, 1.165) is 93.2 Å². The zero-order chi connectivity index (χ0) is 54.0. The number of nitrogens with zero attached hydrogens (tertiary/aromatic N) is 7. The van der Waals surface area contributed by atoms with Crippen LogP contribution in [0, 0.1) is 0 Å². The second kappa shape index (κ2) is 18.2. The van der Waals surface area contributed by atoms with Gasteiger partial charge in [-0.1, -0.05) is 157 Å². The SMILES string of the molecule is Brc1c(Oc2cccc(Oc3cccc(-n4c5ccccc5c5c4ccc4c6ccccc6n(-c6ccccc6)c45)c3-n3nnc4ccccc43)c2)cccc1-n1c2ccccc2c2c1ccc1c3ccccc3n(-c3ccccc3)c12. The zero-order valence-electron chi connectivity index (χ0n) is 43.7. The van der Waals surface area contributed by atoms with Crippen LogP contribution in [0.4, 0.5) is 0 Å². The molecule has 0 aliphatic carbocycles. The third-order valence-corrected chi connectivity index (χ3v) is 17.0. The van der Waals surface area contributed by atoms with Crippen molar-refractivity contribution in [2.24, 2.45) is 0 Å². The number of fused-ring (bicyclic) bond motifs is 15. The summed E-state index contributed by atoms with van der Waals surface area (Å²) in [6.07, 6.45) is 0. The van der Waals surface area contributed by atoms with Crippen LogP contribution in [-0.2, 0) is 0 Å². The molecule has 0 amide bonds. The number of halogens is 1. The van der Waals surface area contributed by atoms with Gasteiger partial charge < -0.3 is 27.7 Å². The normalized spacial score (nSPS) is 12.0. The Morgan fingerprint density at radius 2 is 0.756 bits per heavy atom. The van der Waals surface area contributed by atoms with E-state index in [1.54, 1.807) is 0 Å².